The Morgan fingerprint density at radius 2 is 2.10 bits per heavy atom. The van der Waals surface area contributed by atoms with Crippen LogP contribution in [-0.2, 0) is 16.0 Å². The maximum atomic E-state index is 12.5. The van der Waals surface area contributed by atoms with E-state index in [1.54, 1.807) is 0 Å². The van der Waals surface area contributed by atoms with E-state index in [-0.39, 0.29) is 11.9 Å². The number of aldehydes is 1. The molecule has 2 aliphatic heterocycles. The summed E-state index contributed by atoms with van der Waals surface area (Å²) in [4.78, 5) is 27.5. The SMILES string of the molecule is O=CC1CCCCN1CC(=O)N1CCc2ccccc21. The summed E-state index contributed by atoms with van der Waals surface area (Å²) < 4.78 is 0. The van der Waals surface area contributed by atoms with Gasteiger partial charge >= 0.3 is 0 Å². The normalized spacial score (nSPS) is 22.6. The van der Waals surface area contributed by atoms with E-state index in [4.69, 9.17) is 0 Å². The zero-order valence-electron chi connectivity index (χ0n) is 11.6. The van der Waals surface area contributed by atoms with Crippen molar-refractivity contribution >= 4 is 17.9 Å². The molecule has 0 bridgehead atoms. The number of amides is 1. The first-order valence-corrected chi connectivity index (χ1v) is 7.37. The highest BCUT2D eigenvalue weighted by atomic mass is 16.2. The summed E-state index contributed by atoms with van der Waals surface area (Å²) in [5, 5.41) is 0. The van der Waals surface area contributed by atoms with Crippen LogP contribution in [0.3, 0.4) is 0 Å². The van der Waals surface area contributed by atoms with Crippen molar-refractivity contribution < 1.29 is 9.59 Å². The van der Waals surface area contributed by atoms with Gasteiger partial charge in [0.1, 0.15) is 6.29 Å². The molecule has 1 atom stereocenters. The lowest BCUT2D eigenvalue weighted by molar-refractivity contribution is -0.122. The van der Waals surface area contributed by atoms with Crippen molar-refractivity contribution in [1.82, 2.24) is 4.90 Å². The van der Waals surface area contributed by atoms with Crippen LogP contribution in [0.25, 0.3) is 0 Å². The summed E-state index contributed by atoms with van der Waals surface area (Å²) in [6, 6.07) is 8.00. The van der Waals surface area contributed by atoms with Gasteiger partial charge in [-0.2, -0.15) is 0 Å². The number of hydrogen-bond donors (Lipinski definition) is 0. The summed E-state index contributed by atoms with van der Waals surface area (Å²) in [7, 11) is 0. The first kappa shape index (κ1) is 13.3. The van der Waals surface area contributed by atoms with Gasteiger partial charge in [-0.05, 0) is 37.4 Å². The zero-order valence-corrected chi connectivity index (χ0v) is 11.6. The van der Waals surface area contributed by atoms with Crippen LogP contribution in [0.1, 0.15) is 24.8 Å². The Hall–Kier alpha value is -1.68. The van der Waals surface area contributed by atoms with Crippen LogP contribution in [0.15, 0.2) is 24.3 Å². The van der Waals surface area contributed by atoms with Crippen LogP contribution in [0, 0.1) is 0 Å². The molecule has 1 aromatic carbocycles. The number of likely N-dealkylation sites (tertiary alicyclic amines) is 1. The van der Waals surface area contributed by atoms with Crippen LogP contribution < -0.4 is 4.90 Å². The molecule has 4 heteroatoms. The predicted molar refractivity (Wildman–Crippen MR) is 77.8 cm³/mol. The molecule has 2 aliphatic rings. The molecule has 1 fully saturated rings. The summed E-state index contributed by atoms with van der Waals surface area (Å²) in [6.07, 6.45) is 4.96. The molecule has 0 N–H and O–H groups in total. The summed E-state index contributed by atoms with van der Waals surface area (Å²) >= 11 is 0. The van der Waals surface area contributed by atoms with Crippen LogP contribution in [0.4, 0.5) is 5.69 Å². The molecule has 1 unspecified atom stereocenters. The fourth-order valence-electron chi connectivity index (χ4n) is 3.22. The molecular weight excluding hydrogens is 252 g/mol. The minimum Gasteiger partial charge on any atom is -0.311 e. The maximum Gasteiger partial charge on any atom is 0.241 e. The Labute approximate surface area is 119 Å². The first-order valence-electron chi connectivity index (χ1n) is 7.37. The lowest BCUT2D eigenvalue weighted by Crippen LogP contribution is -2.47. The molecule has 1 saturated heterocycles. The monoisotopic (exact) mass is 272 g/mol. The summed E-state index contributed by atoms with van der Waals surface area (Å²) in [5.74, 6) is 0.115. The molecule has 3 rings (SSSR count). The van der Waals surface area contributed by atoms with Gasteiger partial charge in [0.05, 0.1) is 12.6 Å². The highest BCUT2D eigenvalue weighted by molar-refractivity contribution is 5.96. The fourth-order valence-corrected chi connectivity index (χ4v) is 3.22. The highest BCUT2D eigenvalue weighted by Gasteiger charge is 2.29. The Kier molecular flexibility index (Phi) is 3.83. The van der Waals surface area contributed by atoms with Crippen molar-refractivity contribution in [2.75, 3.05) is 24.5 Å². The lowest BCUT2D eigenvalue weighted by atomic mass is 10.0. The van der Waals surface area contributed by atoms with Gasteiger partial charge in [0.25, 0.3) is 0 Å². The topological polar surface area (TPSA) is 40.6 Å². The molecule has 106 valence electrons. The average Bonchev–Trinajstić information content (AvgIpc) is 2.92. The molecule has 20 heavy (non-hydrogen) atoms. The van der Waals surface area contributed by atoms with E-state index >= 15 is 0 Å². The third-order valence-electron chi connectivity index (χ3n) is 4.35. The van der Waals surface area contributed by atoms with Gasteiger partial charge in [0.15, 0.2) is 0 Å². The van der Waals surface area contributed by atoms with E-state index in [0.717, 1.165) is 50.7 Å². The lowest BCUT2D eigenvalue weighted by Gasteiger charge is -2.32. The maximum absolute atomic E-state index is 12.5. The average molecular weight is 272 g/mol. The van der Waals surface area contributed by atoms with E-state index in [1.807, 2.05) is 28.0 Å². The van der Waals surface area contributed by atoms with Crippen molar-refractivity contribution in [3.05, 3.63) is 29.8 Å². The van der Waals surface area contributed by atoms with Crippen LogP contribution in [0.5, 0.6) is 0 Å². The van der Waals surface area contributed by atoms with Gasteiger partial charge in [-0.1, -0.05) is 24.6 Å². The first-order chi connectivity index (χ1) is 9.79. The number of nitrogens with zero attached hydrogens (tertiary/aromatic N) is 2. The summed E-state index contributed by atoms with van der Waals surface area (Å²) in [5.41, 5.74) is 2.28. The van der Waals surface area contributed by atoms with E-state index < -0.39 is 0 Å². The van der Waals surface area contributed by atoms with E-state index in [0.29, 0.717) is 6.54 Å². The third kappa shape index (κ3) is 2.48. The standard InChI is InChI=1S/C16H20N2O2/c19-12-14-6-3-4-9-17(14)11-16(20)18-10-8-13-5-1-2-7-15(13)18/h1-2,5,7,12,14H,3-4,6,8-11H2. The Balaban J connectivity index is 1.69. The number of hydrogen-bond acceptors (Lipinski definition) is 3. The Morgan fingerprint density at radius 1 is 1.25 bits per heavy atom. The zero-order chi connectivity index (χ0) is 13.9. The van der Waals surface area contributed by atoms with Crippen LogP contribution in [0.2, 0.25) is 0 Å². The second-order valence-electron chi connectivity index (χ2n) is 5.59. The quantitative estimate of drug-likeness (QED) is 0.785. The molecule has 2 heterocycles. The van der Waals surface area contributed by atoms with E-state index in [9.17, 15) is 9.59 Å². The molecule has 0 radical (unpaired) electrons. The molecule has 0 aliphatic carbocycles. The van der Waals surface area contributed by atoms with Gasteiger partial charge in [-0.25, -0.2) is 0 Å². The molecule has 1 amide bonds. The Bertz CT molecular complexity index is 515. The minimum absolute atomic E-state index is 0.0782. The number of carbonyl (C=O) groups excluding carboxylic acids is 2. The van der Waals surface area contributed by atoms with Gasteiger partial charge in [0, 0.05) is 12.2 Å². The molecule has 0 saturated carbocycles. The molecule has 1 aromatic rings. The van der Waals surface area contributed by atoms with Crippen LogP contribution in [-0.4, -0.2) is 42.8 Å². The predicted octanol–water partition coefficient (Wildman–Crippen LogP) is 1.63. The van der Waals surface area contributed by atoms with Crippen molar-refractivity contribution in [3.63, 3.8) is 0 Å². The molecule has 4 nitrogen and oxygen atoms in total. The van der Waals surface area contributed by atoms with E-state index in [1.165, 1.54) is 5.56 Å². The third-order valence-corrected chi connectivity index (χ3v) is 4.35. The second-order valence-corrected chi connectivity index (χ2v) is 5.59. The van der Waals surface area contributed by atoms with Crippen molar-refractivity contribution in [2.45, 2.75) is 31.7 Å². The van der Waals surface area contributed by atoms with Gasteiger partial charge in [0.2, 0.25) is 5.91 Å². The minimum atomic E-state index is -0.0782. The van der Waals surface area contributed by atoms with Crippen molar-refractivity contribution in [3.8, 4) is 0 Å². The largest absolute Gasteiger partial charge is 0.311 e. The van der Waals surface area contributed by atoms with Crippen molar-refractivity contribution in [2.24, 2.45) is 0 Å². The highest BCUT2D eigenvalue weighted by Crippen LogP contribution is 2.27. The molecule has 0 aromatic heterocycles. The van der Waals surface area contributed by atoms with Gasteiger partial charge in [-0.15, -0.1) is 0 Å². The second kappa shape index (κ2) is 5.75. The number of benzene rings is 1. The summed E-state index contributed by atoms with van der Waals surface area (Å²) in [6.45, 7) is 1.97. The Morgan fingerprint density at radius 3 is 2.95 bits per heavy atom. The number of piperidine rings is 1. The molecule has 0 spiro atoms. The van der Waals surface area contributed by atoms with Gasteiger partial charge in [-0.3, -0.25) is 9.69 Å². The van der Waals surface area contributed by atoms with Crippen molar-refractivity contribution in [1.29, 1.82) is 0 Å². The number of rotatable bonds is 3. The number of anilines is 1. The van der Waals surface area contributed by atoms with Crippen LogP contribution >= 0.6 is 0 Å². The smallest absolute Gasteiger partial charge is 0.241 e. The molecular formula is C16H20N2O2. The van der Waals surface area contributed by atoms with Gasteiger partial charge < -0.3 is 9.69 Å². The number of carbonyl (C=O) groups is 2. The number of para-hydroxylation sites is 1. The van der Waals surface area contributed by atoms with E-state index in [2.05, 4.69) is 6.07 Å². The number of fused-ring (bicyclic) bond motifs is 1. The fraction of sp³-hybridized carbons (Fsp3) is 0.500.